The lowest BCUT2D eigenvalue weighted by molar-refractivity contribution is 0.328. The summed E-state index contributed by atoms with van der Waals surface area (Å²) in [6, 6.07) is 0.231. The Morgan fingerprint density at radius 1 is 1.55 bits per heavy atom. The van der Waals surface area contributed by atoms with E-state index in [-0.39, 0.29) is 11.3 Å². The second-order valence-electron chi connectivity index (χ2n) is 3.35. The second-order valence-corrected chi connectivity index (χ2v) is 4.57. The van der Waals surface area contributed by atoms with Crippen molar-refractivity contribution in [3.63, 3.8) is 0 Å². The molecule has 3 nitrogen and oxygen atoms in total. The van der Waals surface area contributed by atoms with Gasteiger partial charge in [-0.1, -0.05) is 6.92 Å². The van der Waals surface area contributed by atoms with Crippen LogP contribution < -0.4 is 5.73 Å². The molecule has 0 heterocycles. The van der Waals surface area contributed by atoms with Crippen molar-refractivity contribution in [2.24, 2.45) is 11.7 Å². The van der Waals surface area contributed by atoms with Crippen LogP contribution in [-0.4, -0.2) is 20.1 Å². The molecule has 1 aliphatic rings. The molecule has 4 atom stereocenters. The summed E-state index contributed by atoms with van der Waals surface area (Å²) in [5, 5.41) is -0.0372. The van der Waals surface area contributed by atoms with Crippen molar-refractivity contribution in [1.82, 2.24) is 0 Å². The fourth-order valence-electron chi connectivity index (χ4n) is 1.55. The zero-order valence-corrected chi connectivity index (χ0v) is 7.51. The number of nitrogens with two attached hydrogens (primary N) is 1. The first-order chi connectivity index (χ1) is 5.11. The minimum absolute atomic E-state index is 0.0372. The molecular weight excluding hydrogens is 162 g/mol. The molecule has 1 aliphatic carbocycles. The van der Waals surface area contributed by atoms with E-state index in [0.29, 0.717) is 5.92 Å². The quantitative estimate of drug-likeness (QED) is 0.580. The van der Waals surface area contributed by atoms with E-state index < -0.39 is 11.1 Å². The normalized spacial score (nSPS) is 41.9. The molecule has 1 fully saturated rings. The summed E-state index contributed by atoms with van der Waals surface area (Å²) >= 11 is -1.64. The Bertz CT molecular complexity index is 163. The SMILES string of the molecule is CC1CC(S(=O)O)CCC1N. The van der Waals surface area contributed by atoms with Crippen molar-refractivity contribution in [1.29, 1.82) is 0 Å². The first-order valence-electron chi connectivity index (χ1n) is 3.96. The van der Waals surface area contributed by atoms with Crippen molar-refractivity contribution in [3.8, 4) is 0 Å². The second kappa shape index (κ2) is 3.65. The van der Waals surface area contributed by atoms with Crippen LogP contribution in [0, 0.1) is 5.92 Å². The van der Waals surface area contributed by atoms with Gasteiger partial charge in [0.1, 0.15) is 0 Å². The molecule has 0 radical (unpaired) electrons. The minimum atomic E-state index is -1.64. The fraction of sp³-hybridized carbons (Fsp3) is 1.00. The molecule has 1 saturated carbocycles. The van der Waals surface area contributed by atoms with E-state index in [0.717, 1.165) is 19.3 Å². The van der Waals surface area contributed by atoms with Crippen LogP contribution in [-0.2, 0) is 11.1 Å². The van der Waals surface area contributed by atoms with Crippen LogP contribution in [0.2, 0.25) is 0 Å². The molecule has 0 aromatic rings. The van der Waals surface area contributed by atoms with Gasteiger partial charge >= 0.3 is 0 Å². The fourth-order valence-corrected chi connectivity index (χ4v) is 2.36. The van der Waals surface area contributed by atoms with Gasteiger partial charge < -0.3 is 10.3 Å². The molecule has 0 bridgehead atoms. The molecule has 0 spiro atoms. The molecular formula is C7H15NO2S. The molecule has 3 N–H and O–H groups in total. The van der Waals surface area contributed by atoms with Gasteiger partial charge in [0.2, 0.25) is 0 Å². The van der Waals surface area contributed by atoms with Crippen molar-refractivity contribution in [2.45, 2.75) is 37.5 Å². The number of hydrogen-bond donors (Lipinski definition) is 2. The molecule has 0 saturated heterocycles. The number of hydrogen-bond acceptors (Lipinski definition) is 2. The van der Waals surface area contributed by atoms with E-state index in [2.05, 4.69) is 0 Å². The first-order valence-corrected chi connectivity index (χ1v) is 5.13. The van der Waals surface area contributed by atoms with Gasteiger partial charge in [-0.2, -0.15) is 0 Å². The molecule has 0 aromatic heterocycles. The highest BCUT2D eigenvalue weighted by Crippen LogP contribution is 2.25. The third kappa shape index (κ3) is 2.25. The van der Waals surface area contributed by atoms with Gasteiger partial charge in [-0.3, -0.25) is 0 Å². The van der Waals surface area contributed by atoms with Crippen LogP contribution in [0.3, 0.4) is 0 Å². The molecule has 0 aliphatic heterocycles. The van der Waals surface area contributed by atoms with Crippen LogP contribution in [0.4, 0.5) is 0 Å². The summed E-state index contributed by atoms with van der Waals surface area (Å²) in [5.74, 6) is 0.393. The van der Waals surface area contributed by atoms with E-state index in [1.54, 1.807) is 0 Å². The van der Waals surface area contributed by atoms with E-state index >= 15 is 0 Å². The lowest BCUT2D eigenvalue weighted by Crippen LogP contribution is -2.37. The summed E-state index contributed by atoms with van der Waals surface area (Å²) in [4.78, 5) is 0. The summed E-state index contributed by atoms with van der Waals surface area (Å²) in [5.41, 5.74) is 5.76. The Labute approximate surface area is 69.6 Å². The molecule has 66 valence electrons. The van der Waals surface area contributed by atoms with Crippen LogP contribution in [0.25, 0.3) is 0 Å². The van der Waals surface area contributed by atoms with E-state index in [9.17, 15) is 4.21 Å². The highest BCUT2D eigenvalue weighted by molar-refractivity contribution is 7.79. The van der Waals surface area contributed by atoms with Crippen molar-refractivity contribution >= 4 is 11.1 Å². The monoisotopic (exact) mass is 177 g/mol. The maximum absolute atomic E-state index is 10.7. The standard InChI is InChI=1S/C7H15NO2S/c1-5-4-6(11(9)10)2-3-7(5)8/h5-7H,2-4,8H2,1H3,(H,9,10). The molecule has 11 heavy (non-hydrogen) atoms. The van der Waals surface area contributed by atoms with Gasteiger partial charge in [-0.15, -0.1) is 0 Å². The molecule has 4 heteroatoms. The van der Waals surface area contributed by atoms with Gasteiger partial charge in [0, 0.05) is 6.04 Å². The predicted octanol–water partition coefficient (Wildman–Crippen LogP) is 0.724. The van der Waals surface area contributed by atoms with Crippen LogP contribution in [0.1, 0.15) is 26.2 Å². The highest BCUT2D eigenvalue weighted by atomic mass is 32.2. The zero-order valence-electron chi connectivity index (χ0n) is 6.69. The Kier molecular flexibility index (Phi) is 3.04. The van der Waals surface area contributed by atoms with Gasteiger partial charge in [0.25, 0.3) is 0 Å². The predicted molar refractivity (Wildman–Crippen MR) is 45.5 cm³/mol. The topological polar surface area (TPSA) is 63.3 Å². The highest BCUT2D eigenvalue weighted by Gasteiger charge is 2.27. The lowest BCUT2D eigenvalue weighted by Gasteiger charge is -2.29. The average Bonchev–Trinajstić information content (AvgIpc) is 1.94. The Morgan fingerprint density at radius 3 is 2.64 bits per heavy atom. The largest absolute Gasteiger partial charge is 0.327 e. The average molecular weight is 177 g/mol. The maximum atomic E-state index is 10.7. The Hall–Kier alpha value is 0.0700. The molecule has 4 unspecified atom stereocenters. The Morgan fingerprint density at radius 2 is 2.18 bits per heavy atom. The smallest absolute Gasteiger partial charge is 0.155 e. The number of rotatable bonds is 1. The summed E-state index contributed by atoms with van der Waals surface area (Å²) in [6.07, 6.45) is 2.48. The Balaban J connectivity index is 2.46. The lowest BCUT2D eigenvalue weighted by atomic mass is 9.86. The van der Waals surface area contributed by atoms with E-state index in [1.165, 1.54) is 0 Å². The van der Waals surface area contributed by atoms with Crippen LogP contribution in [0.5, 0.6) is 0 Å². The van der Waals surface area contributed by atoms with Gasteiger partial charge in [-0.25, -0.2) is 4.21 Å². The van der Waals surface area contributed by atoms with Crippen molar-refractivity contribution < 1.29 is 8.76 Å². The molecule has 0 amide bonds. The summed E-state index contributed by atoms with van der Waals surface area (Å²) in [7, 11) is 0. The third-order valence-electron chi connectivity index (χ3n) is 2.47. The molecule has 0 aromatic carbocycles. The van der Waals surface area contributed by atoms with Gasteiger partial charge in [0.05, 0.1) is 5.25 Å². The van der Waals surface area contributed by atoms with E-state index in [4.69, 9.17) is 10.3 Å². The first kappa shape index (κ1) is 9.16. The van der Waals surface area contributed by atoms with E-state index in [1.807, 2.05) is 6.92 Å². The van der Waals surface area contributed by atoms with Crippen molar-refractivity contribution in [3.05, 3.63) is 0 Å². The summed E-state index contributed by atoms with van der Waals surface area (Å²) < 4.78 is 19.5. The van der Waals surface area contributed by atoms with Crippen molar-refractivity contribution in [2.75, 3.05) is 0 Å². The zero-order chi connectivity index (χ0) is 8.43. The molecule has 1 rings (SSSR count). The maximum Gasteiger partial charge on any atom is 0.155 e. The minimum Gasteiger partial charge on any atom is -0.327 e. The summed E-state index contributed by atoms with van der Waals surface area (Å²) in [6.45, 7) is 2.05. The van der Waals surface area contributed by atoms with Gasteiger partial charge in [-0.05, 0) is 25.2 Å². The third-order valence-corrected chi connectivity index (χ3v) is 3.47. The van der Waals surface area contributed by atoms with Crippen LogP contribution >= 0.6 is 0 Å². The van der Waals surface area contributed by atoms with Crippen LogP contribution in [0.15, 0.2) is 0 Å². The van der Waals surface area contributed by atoms with Gasteiger partial charge in [0.15, 0.2) is 11.1 Å².